The number of aromatic nitrogens is 4. The van der Waals surface area contributed by atoms with Crippen molar-refractivity contribution in [2.75, 3.05) is 36.5 Å². The molecular formula is C42H52N8O6S. The Kier molecular flexibility index (Phi) is 12.8. The van der Waals surface area contributed by atoms with E-state index in [0.29, 0.717) is 44.0 Å². The Bertz CT molecular complexity index is 2140. The Morgan fingerprint density at radius 1 is 0.947 bits per heavy atom. The number of alkyl carbamates (subject to hydrolysis) is 1. The van der Waals surface area contributed by atoms with E-state index in [-0.39, 0.29) is 41.6 Å². The van der Waals surface area contributed by atoms with Crippen LogP contribution in [-0.2, 0) is 30.6 Å². The number of ether oxygens (including phenoxy) is 1. The van der Waals surface area contributed by atoms with Gasteiger partial charge in [-0.25, -0.2) is 13.2 Å². The van der Waals surface area contributed by atoms with Gasteiger partial charge in [0, 0.05) is 48.9 Å². The van der Waals surface area contributed by atoms with Gasteiger partial charge in [0.1, 0.15) is 11.6 Å². The molecule has 0 spiro atoms. The molecule has 14 nitrogen and oxygen atoms in total. The second kappa shape index (κ2) is 17.7. The first kappa shape index (κ1) is 41.1. The van der Waals surface area contributed by atoms with Crippen LogP contribution in [0.4, 0.5) is 10.5 Å². The average Bonchev–Trinajstić information content (AvgIpc) is 3.72. The minimum absolute atomic E-state index is 0.134. The van der Waals surface area contributed by atoms with E-state index in [0.717, 1.165) is 51.9 Å². The number of hydrogen-bond donors (Lipinski definition) is 4. The normalized spacial score (nSPS) is 18.6. The van der Waals surface area contributed by atoms with Crippen molar-refractivity contribution >= 4 is 39.1 Å². The molecule has 2 fully saturated rings. The van der Waals surface area contributed by atoms with Gasteiger partial charge in [-0.05, 0) is 123 Å². The molecule has 3 aromatic carbocycles. The second-order valence-electron chi connectivity index (χ2n) is 16.0. The first-order valence-electron chi connectivity index (χ1n) is 19.4. The van der Waals surface area contributed by atoms with Gasteiger partial charge in [-0.2, -0.15) is 5.21 Å². The molecule has 15 heteroatoms. The minimum atomic E-state index is -2.99. The predicted octanol–water partition coefficient (Wildman–Crippen LogP) is 5.54. The molecule has 4 N–H and O–H groups in total. The van der Waals surface area contributed by atoms with Crippen LogP contribution < -0.4 is 16.0 Å². The number of tetrazole rings is 1. The lowest BCUT2D eigenvalue weighted by Crippen LogP contribution is -2.48. The number of aromatic amines is 1. The number of rotatable bonds is 12. The van der Waals surface area contributed by atoms with Crippen molar-refractivity contribution in [2.45, 2.75) is 71.4 Å². The van der Waals surface area contributed by atoms with E-state index < -0.39 is 27.6 Å². The third kappa shape index (κ3) is 11.3. The maximum atomic E-state index is 13.9. The number of amides is 3. The third-order valence-electron chi connectivity index (χ3n) is 10.5. The van der Waals surface area contributed by atoms with Crippen LogP contribution in [0.3, 0.4) is 0 Å². The van der Waals surface area contributed by atoms with Gasteiger partial charge in [-0.1, -0.05) is 43.0 Å². The Morgan fingerprint density at radius 3 is 2.23 bits per heavy atom. The Balaban J connectivity index is 1.11. The van der Waals surface area contributed by atoms with Gasteiger partial charge in [0.15, 0.2) is 9.84 Å². The fourth-order valence-electron chi connectivity index (χ4n) is 7.27. The number of nitrogens with one attached hydrogen (secondary N) is 4. The molecule has 2 heterocycles. The summed E-state index contributed by atoms with van der Waals surface area (Å²) in [6.45, 7) is 13.1. The summed E-state index contributed by atoms with van der Waals surface area (Å²) in [5.41, 5.74) is 6.47. The molecule has 1 atom stereocenters. The third-order valence-corrected chi connectivity index (χ3v) is 12.1. The van der Waals surface area contributed by atoms with Gasteiger partial charge in [0.25, 0.3) is 0 Å². The SMILES string of the molecule is C=C(c1ccc(-c2ccc(C[C@H](NC(=O)C3CCC(CNC(=O)OC(C)(C)C)CC3)C(=O)Nc3ccc(-c4nn[nH]n4)cc3)cc2)c(C)c1)N1CCS(=O)(=O)CC1. The number of carbonyl (C=O) groups is 3. The topological polar surface area (TPSA) is 188 Å². The molecule has 0 bridgehead atoms. The zero-order valence-corrected chi connectivity index (χ0v) is 33.8. The van der Waals surface area contributed by atoms with Crippen LogP contribution in [0.25, 0.3) is 28.2 Å². The first-order valence-corrected chi connectivity index (χ1v) is 21.2. The standard InChI is InChI=1S/C42H52N8O6S/c1-27-24-34(28(2)50-20-22-57(54,55)23-21-50)16-19-36(27)31-10-6-29(7-11-31)25-37(40(52)44-35-17-14-32(15-18-35)38-46-48-49-47-38)45-39(51)33-12-8-30(9-13-33)26-43-41(53)56-42(3,4)5/h6-7,10-11,14-19,24,30,33,37H,2,8-9,12-13,20-23,25-26H2,1,3-5H3,(H,43,53)(H,44,52)(H,45,51)(H,46,47,48,49)/t30?,33?,37-/m0/s1. The molecule has 2 aliphatic rings. The zero-order chi connectivity index (χ0) is 40.7. The van der Waals surface area contributed by atoms with Crippen molar-refractivity contribution < 1.29 is 27.5 Å². The fraction of sp³-hybridized carbons (Fsp3) is 0.429. The number of anilines is 1. The average molecular weight is 797 g/mol. The molecule has 1 saturated heterocycles. The van der Waals surface area contributed by atoms with E-state index in [4.69, 9.17) is 4.74 Å². The Morgan fingerprint density at radius 2 is 1.61 bits per heavy atom. The maximum Gasteiger partial charge on any atom is 0.407 e. The Hall–Kier alpha value is -5.57. The number of benzene rings is 3. The van der Waals surface area contributed by atoms with Crippen LogP contribution >= 0.6 is 0 Å². The maximum absolute atomic E-state index is 13.9. The lowest BCUT2D eigenvalue weighted by Gasteiger charge is -2.30. The highest BCUT2D eigenvalue weighted by atomic mass is 32.2. The monoisotopic (exact) mass is 796 g/mol. The predicted molar refractivity (Wildman–Crippen MR) is 219 cm³/mol. The van der Waals surface area contributed by atoms with E-state index in [2.05, 4.69) is 49.2 Å². The molecule has 1 aromatic heterocycles. The number of sulfone groups is 1. The summed E-state index contributed by atoms with van der Waals surface area (Å²) in [5.74, 6) is 0.188. The van der Waals surface area contributed by atoms with E-state index in [1.54, 1.807) is 24.3 Å². The summed E-state index contributed by atoms with van der Waals surface area (Å²) in [6.07, 6.45) is 2.68. The Labute approximate surface area is 334 Å². The molecule has 302 valence electrons. The summed E-state index contributed by atoms with van der Waals surface area (Å²) in [5, 5.41) is 22.9. The summed E-state index contributed by atoms with van der Waals surface area (Å²) >= 11 is 0. The fourth-order valence-corrected chi connectivity index (χ4v) is 8.47. The first-order chi connectivity index (χ1) is 27.1. The van der Waals surface area contributed by atoms with Crippen molar-refractivity contribution in [2.24, 2.45) is 11.8 Å². The van der Waals surface area contributed by atoms with Crippen molar-refractivity contribution in [3.05, 3.63) is 90.0 Å². The molecule has 6 rings (SSSR count). The van der Waals surface area contributed by atoms with Gasteiger partial charge < -0.3 is 25.6 Å². The van der Waals surface area contributed by atoms with Crippen LogP contribution in [0.1, 0.15) is 63.1 Å². The highest BCUT2D eigenvalue weighted by molar-refractivity contribution is 7.91. The number of aryl methyl sites for hydroxylation is 1. The van der Waals surface area contributed by atoms with E-state index in [1.807, 2.05) is 69.0 Å². The molecular weight excluding hydrogens is 745 g/mol. The van der Waals surface area contributed by atoms with E-state index in [9.17, 15) is 22.8 Å². The zero-order valence-electron chi connectivity index (χ0n) is 33.0. The number of hydrogen-bond acceptors (Lipinski definition) is 10. The van der Waals surface area contributed by atoms with E-state index >= 15 is 0 Å². The van der Waals surface area contributed by atoms with Crippen LogP contribution in [0.5, 0.6) is 0 Å². The summed E-state index contributed by atoms with van der Waals surface area (Å²) < 4.78 is 29.2. The molecule has 3 amide bonds. The number of H-pyrrole nitrogens is 1. The lowest BCUT2D eigenvalue weighted by molar-refractivity contribution is -0.130. The molecule has 1 saturated carbocycles. The smallest absolute Gasteiger partial charge is 0.407 e. The molecule has 1 aliphatic carbocycles. The van der Waals surface area contributed by atoms with Crippen LogP contribution in [-0.4, -0.2) is 94.6 Å². The highest BCUT2D eigenvalue weighted by Crippen LogP contribution is 2.31. The summed E-state index contributed by atoms with van der Waals surface area (Å²) in [7, 11) is -2.99. The molecule has 0 radical (unpaired) electrons. The van der Waals surface area contributed by atoms with Crippen molar-refractivity contribution in [3.8, 4) is 22.5 Å². The molecule has 0 unspecified atom stereocenters. The van der Waals surface area contributed by atoms with Gasteiger partial charge in [-0.15, -0.1) is 10.2 Å². The van der Waals surface area contributed by atoms with Crippen molar-refractivity contribution in [3.63, 3.8) is 0 Å². The highest BCUT2D eigenvalue weighted by Gasteiger charge is 2.30. The number of carbonyl (C=O) groups excluding carboxylic acids is 3. The van der Waals surface area contributed by atoms with Gasteiger partial charge in [0.2, 0.25) is 17.6 Å². The van der Waals surface area contributed by atoms with Crippen LogP contribution in [0.15, 0.2) is 73.3 Å². The largest absolute Gasteiger partial charge is 0.444 e. The van der Waals surface area contributed by atoms with Crippen molar-refractivity contribution in [1.29, 1.82) is 0 Å². The second-order valence-corrected chi connectivity index (χ2v) is 18.3. The number of nitrogens with zero attached hydrogens (tertiary/aromatic N) is 4. The van der Waals surface area contributed by atoms with Crippen molar-refractivity contribution in [1.82, 2.24) is 36.2 Å². The van der Waals surface area contributed by atoms with Crippen LogP contribution in [0, 0.1) is 18.8 Å². The van der Waals surface area contributed by atoms with Gasteiger partial charge >= 0.3 is 6.09 Å². The molecule has 1 aliphatic heterocycles. The van der Waals surface area contributed by atoms with E-state index in [1.165, 1.54) is 0 Å². The van der Waals surface area contributed by atoms with Gasteiger partial charge in [0.05, 0.1) is 11.5 Å². The lowest BCUT2D eigenvalue weighted by atomic mass is 9.81. The molecule has 57 heavy (non-hydrogen) atoms. The van der Waals surface area contributed by atoms with Gasteiger partial charge in [-0.3, -0.25) is 9.59 Å². The molecule has 4 aromatic rings. The summed E-state index contributed by atoms with van der Waals surface area (Å²) in [4.78, 5) is 41.7. The quantitative estimate of drug-likeness (QED) is 0.142. The summed E-state index contributed by atoms with van der Waals surface area (Å²) in [6, 6.07) is 20.4. The minimum Gasteiger partial charge on any atom is -0.444 e. The van der Waals surface area contributed by atoms with Crippen LogP contribution in [0.2, 0.25) is 0 Å².